The lowest BCUT2D eigenvalue weighted by atomic mass is 9.74. The Labute approximate surface area is 501 Å². The number of carbonyl (C=O) groups is 4. The summed E-state index contributed by atoms with van der Waals surface area (Å²) in [5, 5.41) is 44.2. The molecule has 0 spiro atoms. The first-order chi connectivity index (χ1) is 42.4. The molecule has 490 valence electrons. The molecule has 10 rings (SSSR count). The van der Waals surface area contributed by atoms with Crippen LogP contribution in [0.2, 0.25) is 0 Å². The molecule has 3 aromatic rings. The summed E-state index contributed by atoms with van der Waals surface area (Å²) in [5.41, 5.74) is -9.41. The summed E-state index contributed by atoms with van der Waals surface area (Å²) in [6.07, 6.45) is -7.56. The normalized spacial score (nSPS) is 27.1. The van der Waals surface area contributed by atoms with Crippen molar-refractivity contribution in [2.45, 2.75) is 166 Å². The Morgan fingerprint density at radius 3 is 0.753 bits per heavy atom. The minimum Gasteiger partial charge on any atom is -0.463 e. The summed E-state index contributed by atoms with van der Waals surface area (Å²) in [4.78, 5) is 175. The molecule has 0 aromatic carbocycles. The van der Waals surface area contributed by atoms with Crippen LogP contribution in [-0.4, -0.2) is 200 Å². The van der Waals surface area contributed by atoms with E-state index in [4.69, 9.17) is 42.6 Å². The maximum Gasteiger partial charge on any atom is 0.336 e. The summed E-state index contributed by atoms with van der Waals surface area (Å²) in [5.74, 6) is -8.37. The van der Waals surface area contributed by atoms with Crippen LogP contribution in [0.25, 0.3) is 0 Å². The Bertz CT molecular complexity index is 3620. The van der Waals surface area contributed by atoms with Crippen molar-refractivity contribution < 1.29 is 82.2 Å². The second-order valence-corrected chi connectivity index (χ2v) is 24.2. The largest absolute Gasteiger partial charge is 0.463 e. The van der Waals surface area contributed by atoms with Crippen LogP contribution in [-0.2, 0) is 121 Å². The molecule has 0 radical (unpaired) electrons. The van der Waals surface area contributed by atoms with E-state index >= 15 is 0 Å². The highest BCUT2D eigenvalue weighted by Gasteiger charge is 2.43. The molecule has 4 N–H and O–H groups in total. The molecule has 0 bridgehead atoms. The number of hydrogen-bond acceptors (Lipinski definition) is 26. The molecule has 15 atom stereocenters. The third-order valence-electron chi connectivity index (χ3n) is 16.8. The number of rotatable bonds is 30. The monoisotopic (exact) mass is 1260 g/mol. The van der Waals surface area contributed by atoms with Gasteiger partial charge in [0.05, 0.1) is 146 Å². The second-order valence-electron chi connectivity index (χ2n) is 24.2. The summed E-state index contributed by atoms with van der Waals surface area (Å²) in [6.45, 7) is -1.93. The average Bonchev–Trinajstić information content (AvgIpc) is 1.73. The molecule has 3 aromatic heterocycles. The maximum absolute atomic E-state index is 13.9. The molecule has 2 aliphatic carbocycles. The van der Waals surface area contributed by atoms with Crippen molar-refractivity contribution in [1.29, 1.82) is 0 Å². The molecule has 15 unspecified atom stereocenters. The number of esters is 4. The minimum atomic E-state index is -1.78. The van der Waals surface area contributed by atoms with Gasteiger partial charge in [-0.2, -0.15) is 0 Å². The number of aliphatic hydroxyl groups is 4. The SMILES string of the molecule is CC1CCC(C(=O)OCC(O)Cn2c(=O)n(CC3CO3)c(=O)n(CC3CO3)c2=O)C(C(=O)OCC(O)Cn2c(=O)n(CC(O)COC(=O)C3CCC(C)CC3C(=O)OCC(O)Cn3c(=O)n(CC4CO4)c(=O)n(CC4CO4)c3=O)c(=O)n(CC3CO3)c2=O)C1. The van der Waals surface area contributed by atoms with E-state index in [2.05, 4.69) is 0 Å². The van der Waals surface area contributed by atoms with Gasteiger partial charge in [0, 0.05) is 0 Å². The van der Waals surface area contributed by atoms with Gasteiger partial charge in [-0.25, -0.2) is 84.3 Å². The van der Waals surface area contributed by atoms with Crippen LogP contribution in [0.15, 0.2) is 43.2 Å². The van der Waals surface area contributed by atoms with Crippen LogP contribution in [0.5, 0.6) is 0 Å². The molecule has 89 heavy (non-hydrogen) atoms. The van der Waals surface area contributed by atoms with Crippen LogP contribution >= 0.6 is 0 Å². The second kappa shape index (κ2) is 27.5. The molecule has 5 aliphatic heterocycles. The minimum absolute atomic E-state index is 0.0793. The van der Waals surface area contributed by atoms with Gasteiger partial charge in [-0.3, -0.25) is 19.2 Å². The van der Waals surface area contributed by atoms with E-state index in [1.54, 1.807) is 0 Å². The Hall–Kier alpha value is -7.25. The third-order valence-corrected chi connectivity index (χ3v) is 16.8. The number of nitrogens with zero attached hydrogens (tertiary/aromatic N) is 9. The highest BCUT2D eigenvalue weighted by molar-refractivity contribution is 5.83. The number of hydrogen-bond donors (Lipinski definition) is 4. The van der Waals surface area contributed by atoms with Gasteiger partial charge in [0.25, 0.3) is 0 Å². The highest BCUT2D eigenvalue weighted by atomic mass is 16.6. The number of carbonyl (C=O) groups excluding carboxylic acids is 4. The topological polar surface area (TPSA) is 447 Å². The lowest BCUT2D eigenvalue weighted by Gasteiger charge is -2.32. The van der Waals surface area contributed by atoms with Crippen molar-refractivity contribution in [3.05, 3.63) is 94.4 Å². The molecule has 35 heteroatoms. The van der Waals surface area contributed by atoms with Crippen molar-refractivity contribution >= 4 is 23.9 Å². The quantitative estimate of drug-likeness (QED) is 0.0274. The van der Waals surface area contributed by atoms with Gasteiger partial charge in [-0.15, -0.1) is 0 Å². The fourth-order valence-corrected chi connectivity index (χ4v) is 11.4. The third kappa shape index (κ3) is 15.8. The van der Waals surface area contributed by atoms with Gasteiger partial charge < -0.3 is 63.1 Å². The zero-order chi connectivity index (χ0) is 63.7. The molecule has 7 fully saturated rings. The van der Waals surface area contributed by atoms with Crippen LogP contribution < -0.4 is 51.2 Å². The number of ether oxygens (including phenoxy) is 9. The summed E-state index contributed by atoms with van der Waals surface area (Å²) >= 11 is 0. The zero-order valence-electron chi connectivity index (χ0n) is 48.9. The predicted molar refractivity (Wildman–Crippen MR) is 294 cm³/mol. The average molecular weight is 1260 g/mol. The molecule has 5 saturated heterocycles. The fourth-order valence-electron chi connectivity index (χ4n) is 11.4. The number of aliphatic hydroxyl groups excluding tert-OH is 4. The van der Waals surface area contributed by atoms with Crippen LogP contribution in [0.4, 0.5) is 0 Å². The molecule has 0 amide bonds. The smallest absolute Gasteiger partial charge is 0.336 e. The van der Waals surface area contributed by atoms with E-state index < -0.39 is 206 Å². The van der Waals surface area contributed by atoms with Gasteiger partial charge in [0.1, 0.15) is 50.8 Å². The Balaban J connectivity index is 0.734. The van der Waals surface area contributed by atoms with Crippen molar-refractivity contribution in [3.8, 4) is 0 Å². The standard InChI is InChI=1S/C54H73N9O26/c1-27-4-6-39(43(69)87-19-30(65)11-57-49(75)60(14-34-23-82-34)53(79)61(50(57)76)15-35-24-83-35)40(7-27)44(70)88-20-31(66)10-56-46(72)55(47(73)59(48(56)74)13-33-22-81-33)9-29(64)18-86-42(68)38-5-3-28(2)8-41(38)45(71)89-21-32(67)12-58-51(77)62(16-36-25-84-36)54(80)63(52(58)78)17-37-26-85-37/h27-41,64-67H,3-26H2,1-2H3. The molecule has 7 aliphatic rings. The van der Waals surface area contributed by atoms with Crippen molar-refractivity contribution in [2.75, 3.05) is 59.5 Å². The summed E-state index contributed by atoms with van der Waals surface area (Å²) < 4.78 is 53.8. The first kappa shape index (κ1) is 64.7. The van der Waals surface area contributed by atoms with Gasteiger partial charge >= 0.3 is 75.1 Å². The number of aromatic nitrogens is 9. The van der Waals surface area contributed by atoms with Crippen LogP contribution in [0.3, 0.4) is 0 Å². The highest BCUT2D eigenvalue weighted by Crippen LogP contribution is 2.37. The van der Waals surface area contributed by atoms with E-state index in [1.165, 1.54) is 0 Å². The van der Waals surface area contributed by atoms with Crippen molar-refractivity contribution in [1.82, 2.24) is 41.1 Å². The van der Waals surface area contributed by atoms with Crippen LogP contribution in [0.1, 0.15) is 52.4 Å². The summed E-state index contributed by atoms with van der Waals surface area (Å²) in [7, 11) is 0. The van der Waals surface area contributed by atoms with E-state index in [0.29, 0.717) is 62.1 Å². The summed E-state index contributed by atoms with van der Waals surface area (Å²) in [6, 6.07) is 0. The van der Waals surface area contributed by atoms with E-state index in [0.717, 1.165) is 18.3 Å². The van der Waals surface area contributed by atoms with Crippen LogP contribution in [0, 0.1) is 35.5 Å². The van der Waals surface area contributed by atoms with Crippen molar-refractivity contribution in [3.63, 3.8) is 0 Å². The lowest BCUT2D eigenvalue weighted by Crippen LogP contribution is -2.57. The molecule has 2 saturated carbocycles. The molecular formula is C54H73N9O26. The van der Waals surface area contributed by atoms with Gasteiger partial charge in [0.15, 0.2) is 0 Å². The predicted octanol–water partition coefficient (Wildman–Crippen LogP) is -7.74. The van der Waals surface area contributed by atoms with Crippen molar-refractivity contribution in [2.24, 2.45) is 35.5 Å². The first-order valence-corrected chi connectivity index (χ1v) is 29.7. The molecular weight excluding hydrogens is 1190 g/mol. The number of epoxide rings is 5. The van der Waals surface area contributed by atoms with Gasteiger partial charge in [-0.1, -0.05) is 13.8 Å². The Morgan fingerprint density at radius 1 is 0.348 bits per heavy atom. The van der Waals surface area contributed by atoms with E-state index in [1.807, 2.05) is 13.8 Å². The first-order valence-electron chi connectivity index (χ1n) is 29.7. The van der Waals surface area contributed by atoms with Gasteiger partial charge in [0.2, 0.25) is 0 Å². The Morgan fingerprint density at radius 2 is 0.539 bits per heavy atom. The Kier molecular flexibility index (Phi) is 20.0. The van der Waals surface area contributed by atoms with Gasteiger partial charge in [-0.05, 0) is 50.4 Å². The fraction of sp³-hybridized carbons (Fsp3) is 0.759. The van der Waals surface area contributed by atoms with E-state index in [9.17, 15) is 82.8 Å². The zero-order valence-corrected chi connectivity index (χ0v) is 48.9. The van der Waals surface area contributed by atoms with E-state index in [-0.39, 0.29) is 76.8 Å². The molecule has 35 nitrogen and oxygen atoms in total. The maximum atomic E-state index is 13.9. The molecule has 8 heterocycles. The lowest BCUT2D eigenvalue weighted by molar-refractivity contribution is -0.167.